The van der Waals surface area contributed by atoms with Crippen LogP contribution in [0, 0.1) is 0 Å². The van der Waals surface area contributed by atoms with Crippen molar-refractivity contribution in [3.05, 3.63) is 29.8 Å². The van der Waals surface area contributed by atoms with E-state index in [-0.39, 0.29) is 24.5 Å². The Morgan fingerprint density at radius 1 is 1.19 bits per heavy atom. The van der Waals surface area contributed by atoms with Gasteiger partial charge in [0.05, 0.1) is 6.61 Å². The molecular formula is C16H24N2O3. The smallest absolute Gasteiger partial charge is 0.254 e. The van der Waals surface area contributed by atoms with E-state index in [0.29, 0.717) is 17.8 Å². The molecule has 0 atom stereocenters. The van der Waals surface area contributed by atoms with Gasteiger partial charge in [0.1, 0.15) is 0 Å². The van der Waals surface area contributed by atoms with Crippen molar-refractivity contribution < 1.29 is 14.7 Å². The fourth-order valence-corrected chi connectivity index (χ4v) is 2.35. The molecule has 1 aromatic rings. The van der Waals surface area contributed by atoms with Gasteiger partial charge in [0, 0.05) is 30.8 Å². The molecule has 0 aliphatic heterocycles. The lowest BCUT2D eigenvalue weighted by atomic mass is 10.1. The Labute approximate surface area is 126 Å². The van der Waals surface area contributed by atoms with Crippen molar-refractivity contribution in [1.29, 1.82) is 0 Å². The molecule has 5 nitrogen and oxygen atoms in total. The lowest BCUT2D eigenvalue weighted by Gasteiger charge is -2.30. The quantitative estimate of drug-likeness (QED) is 0.810. The largest absolute Gasteiger partial charge is 0.395 e. The van der Waals surface area contributed by atoms with E-state index in [1.165, 1.54) is 6.92 Å². The molecule has 116 valence electrons. The van der Waals surface area contributed by atoms with Crippen molar-refractivity contribution >= 4 is 17.5 Å². The van der Waals surface area contributed by atoms with E-state index in [9.17, 15) is 14.7 Å². The molecule has 1 rings (SSSR count). The minimum Gasteiger partial charge on any atom is -0.395 e. The van der Waals surface area contributed by atoms with Gasteiger partial charge in [-0.3, -0.25) is 9.59 Å². The second-order valence-electron chi connectivity index (χ2n) is 4.95. The fourth-order valence-electron chi connectivity index (χ4n) is 2.35. The highest BCUT2D eigenvalue weighted by atomic mass is 16.3. The van der Waals surface area contributed by atoms with E-state index in [0.717, 1.165) is 12.8 Å². The summed E-state index contributed by atoms with van der Waals surface area (Å²) < 4.78 is 0. The first-order valence-corrected chi connectivity index (χ1v) is 7.32. The Morgan fingerprint density at radius 2 is 1.76 bits per heavy atom. The highest BCUT2D eigenvalue weighted by Crippen LogP contribution is 2.16. The lowest BCUT2D eigenvalue weighted by Crippen LogP contribution is -2.41. The lowest BCUT2D eigenvalue weighted by molar-refractivity contribution is -0.114. The minimum atomic E-state index is -0.145. The second-order valence-corrected chi connectivity index (χ2v) is 4.95. The maximum Gasteiger partial charge on any atom is 0.254 e. The molecule has 2 N–H and O–H groups in total. The maximum atomic E-state index is 12.6. The van der Waals surface area contributed by atoms with E-state index >= 15 is 0 Å². The molecule has 0 aliphatic rings. The molecule has 0 spiro atoms. The average molecular weight is 292 g/mol. The van der Waals surface area contributed by atoms with Crippen molar-refractivity contribution in [2.24, 2.45) is 0 Å². The first-order chi connectivity index (χ1) is 10.0. The summed E-state index contributed by atoms with van der Waals surface area (Å²) in [4.78, 5) is 25.2. The summed E-state index contributed by atoms with van der Waals surface area (Å²) in [5.74, 6) is -0.236. The molecule has 0 saturated carbocycles. The first-order valence-electron chi connectivity index (χ1n) is 7.32. The highest BCUT2D eigenvalue weighted by molar-refractivity contribution is 5.95. The number of hydrogen-bond acceptors (Lipinski definition) is 3. The number of amides is 2. The van der Waals surface area contributed by atoms with E-state index in [1.54, 1.807) is 29.2 Å². The van der Waals surface area contributed by atoms with Crippen LogP contribution in [-0.4, -0.2) is 41.0 Å². The van der Waals surface area contributed by atoms with Gasteiger partial charge < -0.3 is 15.3 Å². The summed E-state index contributed by atoms with van der Waals surface area (Å²) in [7, 11) is 0. The summed E-state index contributed by atoms with van der Waals surface area (Å²) in [5, 5.41) is 11.8. The summed E-state index contributed by atoms with van der Waals surface area (Å²) in [6.07, 6.45) is 1.71. The van der Waals surface area contributed by atoms with Crippen molar-refractivity contribution in [3.63, 3.8) is 0 Å². The zero-order valence-electron chi connectivity index (χ0n) is 12.9. The number of rotatable bonds is 7. The number of nitrogens with zero attached hydrogens (tertiary/aromatic N) is 1. The number of carbonyl (C=O) groups is 2. The SMILES string of the molecule is CCC(CC)N(CCO)C(=O)c1ccc(NC(C)=O)cc1. The first kappa shape index (κ1) is 17.2. The average Bonchev–Trinajstić information content (AvgIpc) is 2.47. The van der Waals surface area contributed by atoms with Gasteiger partial charge in [-0.05, 0) is 37.1 Å². The minimum absolute atomic E-state index is 0.0494. The van der Waals surface area contributed by atoms with Gasteiger partial charge in [-0.1, -0.05) is 13.8 Å². The van der Waals surface area contributed by atoms with E-state index < -0.39 is 0 Å². The molecule has 5 heteroatoms. The molecule has 2 amide bonds. The standard InChI is InChI=1S/C16H24N2O3/c1-4-15(5-2)18(10-11-19)16(21)13-6-8-14(9-7-13)17-12(3)20/h6-9,15,19H,4-5,10-11H2,1-3H3,(H,17,20). The number of benzene rings is 1. The van der Waals surface area contributed by atoms with Crippen LogP contribution in [0.4, 0.5) is 5.69 Å². The van der Waals surface area contributed by atoms with E-state index in [4.69, 9.17) is 0 Å². The third-order valence-electron chi connectivity index (χ3n) is 3.44. The Kier molecular flexibility index (Phi) is 6.88. The third kappa shape index (κ3) is 4.86. The molecule has 21 heavy (non-hydrogen) atoms. The third-order valence-corrected chi connectivity index (χ3v) is 3.44. The highest BCUT2D eigenvalue weighted by Gasteiger charge is 2.21. The number of nitrogens with one attached hydrogen (secondary N) is 1. The number of anilines is 1. The van der Waals surface area contributed by atoms with Crippen LogP contribution >= 0.6 is 0 Å². The predicted octanol–water partition coefficient (Wildman–Crippen LogP) is 2.27. The number of carbonyl (C=O) groups excluding carboxylic acids is 2. The second kappa shape index (κ2) is 8.42. The Hall–Kier alpha value is -1.88. The van der Waals surface area contributed by atoms with E-state index in [1.807, 2.05) is 13.8 Å². The Morgan fingerprint density at radius 3 is 2.19 bits per heavy atom. The summed E-state index contributed by atoms with van der Waals surface area (Å²) in [5.41, 5.74) is 1.22. The number of hydrogen-bond donors (Lipinski definition) is 2. The van der Waals surface area contributed by atoms with E-state index in [2.05, 4.69) is 5.32 Å². The van der Waals surface area contributed by atoms with Crippen molar-refractivity contribution in [1.82, 2.24) is 4.90 Å². The van der Waals surface area contributed by atoms with Gasteiger partial charge in [0.15, 0.2) is 0 Å². The monoisotopic (exact) mass is 292 g/mol. The van der Waals surface area contributed by atoms with Crippen LogP contribution in [0.2, 0.25) is 0 Å². The van der Waals surface area contributed by atoms with Gasteiger partial charge in [0.2, 0.25) is 5.91 Å². The zero-order chi connectivity index (χ0) is 15.8. The van der Waals surface area contributed by atoms with Crippen LogP contribution in [0.5, 0.6) is 0 Å². The number of aliphatic hydroxyl groups is 1. The Bertz CT molecular complexity index is 467. The van der Waals surface area contributed by atoms with Gasteiger partial charge in [0.25, 0.3) is 5.91 Å². The van der Waals surface area contributed by atoms with Crippen LogP contribution in [0.25, 0.3) is 0 Å². The maximum absolute atomic E-state index is 12.6. The molecule has 0 unspecified atom stereocenters. The molecule has 0 radical (unpaired) electrons. The van der Waals surface area contributed by atoms with Gasteiger partial charge in [-0.15, -0.1) is 0 Å². The van der Waals surface area contributed by atoms with Crippen LogP contribution < -0.4 is 5.32 Å². The van der Waals surface area contributed by atoms with Gasteiger partial charge >= 0.3 is 0 Å². The number of aliphatic hydroxyl groups excluding tert-OH is 1. The summed E-state index contributed by atoms with van der Waals surface area (Å²) >= 11 is 0. The molecule has 0 fully saturated rings. The molecule has 0 saturated heterocycles. The summed E-state index contributed by atoms with van der Waals surface area (Å²) in [6, 6.07) is 6.93. The van der Waals surface area contributed by atoms with Crippen LogP contribution in [0.3, 0.4) is 0 Å². The summed E-state index contributed by atoms with van der Waals surface area (Å²) in [6.45, 7) is 5.79. The predicted molar refractivity (Wildman–Crippen MR) is 83.2 cm³/mol. The van der Waals surface area contributed by atoms with Crippen LogP contribution in [-0.2, 0) is 4.79 Å². The molecule has 0 aliphatic carbocycles. The molecule has 0 bridgehead atoms. The molecular weight excluding hydrogens is 268 g/mol. The van der Waals surface area contributed by atoms with Crippen molar-refractivity contribution in [2.45, 2.75) is 39.7 Å². The topological polar surface area (TPSA) is 69.6 Å². The van der Waals surface area contributed by atoms with Crippen LogP contribution in [0.1, 0.15) is 44.0 Å². The van der Waals surface area contributed by atoms with Gasteiger partial charge in [-0.25, -0.2) is 0 Å². The fraction of sp³-hybridized carbons (Fsp3) is 0.500. The van der Waals surface area contributed by atoms with Gasteiger partial charge in [-0.2, -0.15) is 0 Å². The van der Waals surface area contributed by atoms with Crippen LogP contribution in [0.15, 0.2) is 24.3 Å². The Balaban J connectivity index is 2.90. The molecule has 0 heterocycles. The zero-order valence-corrected chi connectivity index (χ0v) is 12.9. The molecule has 1 aromatic carbocycles. The normalized spacial score (nSPS) is 10.5. The molecule has 0 aromatic heterocycles. The van der Waals surface area contributed by atoms with Crippen molar-refractivity contribution in [2.75, 3.05) is 18.5 Å². The van der Waals surface area contributed by atoms with Crippen molar-refractivity contribution in [3.8, 4) is 0 Å².